The molecule has 1 amide bonds. The monoisotopic (exact) mass is 246 g/mol. The highest BCUT2D eigenvalue weighted by molar-refractivity contribution is 5.67. The van der Waals surface area contributed by atoms with Crippen LogP contribution in [0.2, 0.25) is 0 Å². The summed E-state index contributed by atoms with van der Waals surface area (Å²) in [5.74, 6) is 0. The van der Waals surface area contributed by atoms with Crippen LogP contribution < -0.4 is 5.32 Å². The SMILES string of the molecule is C[C@@H](NC(=O)OCc1ccccc1)C(C)(C)C#N. The van der Waals surface area contributed by atoms with E-state index < -0.39 is 11.5 Å². The van der Waals surface area contributed by atoms with Crippen LogP contribution in [-0.2, 0) is 11.3 Å². The zero-order valence-electron chi connectivity index (χ0n) is 10.9. The Morgan fingerprint density at radius 2 is 2.06 bits per heavy atom. The van der Waals surface area contributed by atoms with Crippen molar-refractivity contribution < 1.29 is 9.53 Å². The van der Waals surface area contributed by atoms with Gasteiger partial charge in [-0.25, -0.2) is 4.79 Å². The highest BCUT2D eigenvalue weighted by atomic mass is 16.5. The third-order valence-corrected chi connectivity index (χ3v) is 2.92. The number of nitrogens with one attached hydrogen (secondary N) is 1. The summed E-state index contributed by atoms with van der Waals surface area (Å²) < 4.78 is 5.08. The van der Waals surface area contributed by atoms with Crippen molar-refractivity contribution in [2.24, 2.45) is 5.41 Å². The highest BCUT2D eigenvalue weighted by Gasteiger charge is 2.27. The molecule has 0 saturated carbocycles. The Balaban J connectivity index is 2.42. The van der Waals surface area contributed by atoms with Gasteiger partial charge in [0.1, 0.15) is 6.61 Å². The number of carbonyl (C=O) groups is 1. The first-order valence-electron chi connectivity index (χ1n) is 5.84. The van der Waals surface area contributed by atoms with Gasteiger partial charge in [0.25, 0.3) is 0 Å². The molecular weight excluding hydrogens is 228 g/mol. The number of rotatable bonds is 4. The summed E-state index contributed by atoms with van der Waals surface area (Å²) in [5.41, 5.74) is 0.311. The summed E-state index contributed by atoms with van der Waals surface area (Å²) in [6, 6.07) is 11.3. The molecule has 0 saturated heterocycles. The molecule has 1 N–H and O–H groups in total. The van der Waals surface area contributed by atoms with Crippen molar-refractivity contribution in [1.82, 2.24) is 5.32 Å². The van der Waals surface area contributed by atoms with E-state index in [1.54, 1.807) is 20.8 Å². The van der Waals surface area contributed by atoms with Crippen molar-refractivity contribution in [2.45, 2.75) is 33.4 Å². The van der Waals surface area contributed by atoms with Crippen molar-refractivity contribution in [3.05, 3.63) is 35.9 Å². The smallest absolute Gasteiger partial charge is 0.407 e. The second kappa shape index (κ2) is 6.06. The van der Waals surface area contributed by atoms with Gasteiger partial charge in [-0.2, -0.15) is 5.26 Å². The largest absolute Gasteiger partial charge is 0.445 e. The van der Waals surface area contributed by atoms with Gasteiger partial charge in [0.2, 0.25) is 0 Å². The topological polar surface area (TPSA) is 62.1 Å². The fourth-order valence-corrected chi connectivity index (χ4v) is 1.22. The number of benzene rings is 1. The maximum absolute atomic E-state index is 11.5. The standard InChI is InChI=1S/C14H18N2O2/c1-11(14(2,3)10-15)16-13(17)18-9-12-7-5-4-6-8-12/h4-8,11H,9H2,1-3H3,(H,16,17)/t11-/m1/s1. The molecular formula is C14H18N2O2. The molecule has 0 heterocycles. The molecule has 0 bridgehead atoms. The van der Waals surface area contributed by atoms with E-state index in [1.165, 1.54) is 0 Å². The molecule has 1 aromatic rings. The molecule has 0 fully saturated rings. The lowest BCUT2D eigenvalue weighted by molar-refractivity contribution is 0.131. The van der Waals surface area contributed by atoms with Crippen LogP contribution in [0.3, 0.4) is 0 Å². The summed E-state index contributed by atoms with van der Waals surface area (Å²) in [5, 5.41) is 11.6. The van der Waals surface area contributed by atoms with E-state index in [2.05, 4.69) is 11.4 Å². The number of alkyl carbamates (subject to hydrolysis) is 1. The van der Waals surface area contributed by atoms with Crippen molar-refractivity contribution in [3.63, 3.8) is 0 Å². The van der Waals surface area contributed by atoms with Crippen LogP contribution in [0, 0.1) is 16.7 Å². The average Bonchev–Trinajstić information content (AvgIpc) is 2.37. The molecule has 0 aliphatic rings. The lowest BCUT2D eigenvalue weighted by Crippen LogP contribution is -2.42. The van der Waals surface area contributed by atoms with E-state index in [9.17, 15) is 4.79 Å². The zero-order chi connectivity index (χ0) is 13.6. The molecule has 0 spiro atoms. The third-order valence-electron chi connectivity index (χ3n) is 2.92. The van der Waals surface area contributed by atoms with Crippen molar-refractivity contribution in [3.8, 4) is 6.07 Å². The normalized spacial score (nSPS) is 12.3. The lowest BCUT2D eigenvalue weighted by atomic mass is 9.87. The van der Waals surface area contributed by atoms with Gasteiger partial charge in [0.05, 0.1) is 11.5 Å². The Labute approximate surface area is 108 Å². The quantitative estimate of drug-likeness (QED) is 0.888. The molecule has 1 aromatic carbocycles. The van der Waals surface area contributed by atoms with Gasteiger partial charge in [-0.3, -0.25) is 0 Å². The van der Waals surface area contributed by atoms with Gasteiger partial charge in [-0.05, 0) is 26.3 Å². The van der Waals surface area contributed by atoms with E-state index in [1.807, 2.05) is 30.3 Å². The molecule has 0 radical (unpaired) electrons. The second-order valence-corrected chi connectivity index (χ2v) is 4.76. The van der Waals surface area contributed by atoms with Gasteiger partial charge in [-0.15, -0.1) is 0 Å². The second-order valence-electron chi connectivity index (χ2n) is 4.76. The Hall–Kier alpha value is -2.02. The molecule has 0 aliphatic heterocycles. The molecule has 0 aromatic heterocycles. The Bertz CT molecular complexity index is 435. The number of nitrogens with zero attached hydrogens (tertiary/aromatic N) is 1. The van der Waals surface area contributed by atoms with Crippen LogP contribution in [0.1, 0.15) is 26.3 Å². The summed E-state index contributed by atoms with van der Waals surface area (Å²) in [6.07, 6.45) is -0.505. The van der Waals surface area contributed by atoms with E-state index in [-0.39, 0.29) is 12.6 Å². The minimum Gasteiger partial charge on any atom is -0.445 e. The summed E-state index contributed by atoms with van der Waals surface area (Å²) in [6.45, 7) is 5.56. The molecule has 1 atom stereocenters. The van der Waals surface area contributed by atoms with Gasteiger partial charge < -0.3 is 10.1 Å². The van der Waals surface area contributed by atoms with Crippen LogP contribution in [0.15, 0.2) is 30.3 Å². The molecule has 1 rings (SSSR count). The first-order chi connectivity index (χ1) is 8.45. The third kappa shape index (κ3) is 4.10. The fourth-order valence-electron chi connectivity index (χ4n) is 1.22. The highest BCUT2D eigenvalue weighted by Crippen LogP contribution is 2.18. The number of hydrogen-bond acceptors (Lipinski definition) is 3. The number of nitriles is 1. The van der Waals surface area contributed by atoms with Gasteiger partial charge >= 0.3 is 6.09 Å². The van der Waals surface area contributed by atoms with Crippen LogP contribution >= 0.6 is 0 Å². The fraction of sp³-hybridized carbons (Fsp3) is 0.429. The van der Waals surface area contributed by atoms with E-state index in [0.717, 1.165) is 5.56 Å². The minimum absolute atomic E-state index is 0.229. The Morgan fingerprint density at radius 3 is 2.61 bits per heavy atom. The molecule has 4 nitrogen and oxygen atoms in total. The molecule has 4 heteroatoms. The maximum atomic E-state index is 11.5. The van der Waals surface area contributed by atoms with Crippen LogP contribution in [-0.4, -0.2) is 12.1 Å². The van der Waals surface area contributed by atoms with E-state index >= 15 is 0 Å². The van der Waals surface area contributed by atoms with Crippen molar-refractivity contribution in [1.29, 1.82) is 5.26 Å². The number of amides is 1. The first kappa shape index (κ1) is 14.0. The van der Waals surface area contributed by atoms with Crippen LogP contribution in [0.5, 0.6) is 0 Å². The number of ether oxygens (including phenoxy) is 1. The summed E-state index contributed by atoms with van der Waals surface area (Å²) in [4.78, 5) is 11.5. The van der Waals surface area contributed by atoms with Crippen molar-refractivity contribution >= 4 is 6.09 Å². The zero-order valence-corrected chi connectivity index (χ0v) is 10.9. The average molecular weight is 246 g/mol. The minimum atomic E-state index is -0.619. The maximum Gasteiger partial charge on any atom is 0.407 e. The summed E-state index contributed by atoms with van der Waals surface area (Å²) >= 11 is 0. The first-order valence-corrected chi connectivity index (χ1v) is 5.84. The predicted octanol–water partition coefficient (Wildman–Crippen LogP) is 2.85. The van der Waals surface area contributed by atoms with E-state index in [0.29, 0.717) is 0 Å². The Morgan fingerprint density at radius 1 is 1.44 bits per heavy atom. The van der Waals surface area contributed by atoms with Gasteiger partial charge in [0.15, 0.2) is 0 Å². The molecule has 18 heavy (non-hydrogen) atoms. The summed E-state index contributed by atoms with van der Waals surface area (Å²) in [7, 11) is 0. The van der Waals surface area contributed by atoms with Crippen LogP contribution in [0.25, 0.3) is 0 Å². The van der Waals surface area contributed by atoms with E-state index in [4.69, 9.17) is 10.00 Å². The predicted molar refractivity (Wildman–Crippen MR) is 68.6 cm³/mol. The van der Waals surface area contributed by atoms with Crippen LogP contribution in [0.4, 0.5) is 4.79 Å². The van der Waals surface area contributed by atoms with Crippen molar-refractivity contribution in [2.75, 3.05) is 0 Å². The molecule has 0 aliphatic carbocycles. The molecule has 0 unspecified atom stereocenters. The lowest BCUT2D eigenvalue weighted by Gasteiger charge is -2.24. The molecule has 96 valence electrons. The number of carbonyl (C=O) groups excluding carboxylic acids is 1. The van der Waals surface area contributed by atoms with Gasteiger partial charge in [-0.1, -0.05) is 30.3 Å². The van der Waals surface area contributed by atoms with Gasteiger partial charge in [0, 0.05) is 6.04 Å². The number of hydrogen-bond donors (Lipinski definition) is 1. The Kier molecular flexibility index (Phi) is 4.73.